The Kier molecular flexibility index (Phi) is 5.68. The highest BCUT2D eigenvalue weighted by molar-refractivity contribution is 7.86. The summed E-state index contributed by atoms with van der Waals surface area (Å²) < 4.78 is 29.2. The van der Waals surface area contributed by atoms with Gasteiger partial charge in [0.2, 0.25) is 0 Å². The fourth-order valence-corrected chi connectivity index (χ4v) is 5.44. The number of nitrogens with zero attached hydrogens (tertiary/aromatic N) is 2. The van der Waals surface area contributed by atoms with Crippen molar-refractivity contribution in [1.29, 1.82) is 0 Å². The van der Waals surface area contributed by atoms with E-state index >= 15 is 0 Å². The first-order chi connectivity index (χ1) is 9.85. The van der Waals surface area contributed by atoms with E-state index in [9.17, 15) is 8.42 Å². The smallest absolute Gasteiger partial charge is 0.282 e. The number of hydrogen-bond donors (Lipinski definition) is 1. The van der Waals surface area contributed by atoms with Crippen molar-refractivity contribution in [2.45, 2.75) is 46.5 Å². The maximum Gasteiger partial charge on any atom is 0.282 e. The fourth-order valence-electron chi connectivity index (χ4n) is 3.48. The third-order valence-corrected chi connectivity index (χ3v) is 6.63. The molecule has 0 spiro atoms. The van der Waals surface area contributed by atoms with E-state index in [-0.39, 0.29) is 5.41 Å². The lowest BCUT2D eigenvalue weighted by atomic mass is 9.85. The Labute approximate surface area is 130 Å². The van der Waals surface area contributed by atoms with Crippen LogP contribution in [0.4, 0.5) is 0 Å². The summed E-state index contributed by atoms with van der Waals surface area (Å²) in [5, 5.41) is 3.35. The molecule has 1 unspecified atom stereocenters. The molecule has 6 heteroatoms. The predicted octanol–water partition coefficient (Wildman–Crippen LogP) is 1.67. The minimum Gasteiger partial charge on any atom is -0.317 e. The van der Waals surface area contributed by atoms with E-state index in [1.807, 2.05) is 0 Å². The monoisotopic (exact) mass is 317 g/mol. The van der Waals surface area contributed by atoms with Crippen LogP contribution in [0.3, 0.4) is 0 Å². The SMILES string of the molecule is CCNCC1CCCN(S(=O)(=O)N2CCCC(C)(C)C2)C1. The highest BCUT2D eigenvalue weighted by Gasteiger charge is 2.38. The van der Waals surface area contributed by atoms with Crippen LogP contribution in [0.1, 0.15) is 46.5 Å². The zero-order valence-corrected chi connectivity index (χ0v) is 14.6. The molecule has 0 aromatic rings. The quantitative estimate of drug-likeness (QED) is 0.839. The van der Waals surface area contributed by atoms with Gasteiger partial charge in [0.15, 0.2) is 0 Å². The van der Waals surface area contributed by atoms with Crippen molar-refractivity contribution in [3.05, 3.63) is 0 Å². The topological polar surface area (TPSA) is 52.7 Å². The summed E-state index contributed by atoms with van der Waals surface area (Å²) in [5.74, 6) is 0.450. The van der Waals surface area contributed by atoms with Crippen molar-refractivity contribution >= 4 is 10.2 Å². The predicted molar refractivity (Wildman–Crippen MR) is 86.3 cm³/mol. The fraction of sp³-hybridized carbons (Fsp3) is 1.00. The molecule has 0 saturated carbocycles. The van der Waals surface area contributed by atoms with Crippen molar-refractivity contribution in [3.63, 3.8) is 0 Å². The molecule has 2 aliphatic rings. The van der Waals surface area contributed by atoms with E-state index in [1.165, 1.54) is 0 Å². The normalized spacial score (nSPS) is 28.6. The Morgan fingerprint density at radius 3 is 2.57 bits per heavy atom. The third kappa shape index (κ3) is 4.41. The van der Waals surface area contributed by atoms with Gasteiger partial charge in [-0.2, -0.15) is 17.0 Å². The van der Waals surface area contributed by atoms with Gasteiger partial charge in [0.1, 0.15) is 0 Å². The van der Waals surface area contributed by atoms with E-state index in [0.717, 1.165) is 38.8 Å². The van der Waals surface area contributed by atoms with Crippen LogP contribution in [-0.4, -0.2) is 56.3 Å². The van der Waals surface area contributed by atoms with Gasteiger partial charge in [-0.3, -0.25) is 0 Å². The van der Waals surface area contributed by atoms with Crippen LogP contribution in [-0.2, 0) is 10.2 Å². The molecule has 0 radical (unpaired) electrons. The Balaban J connectivity index is 2.01. The molecule has 2 aliphatic heterocycles. The van der Waals surface area contributed by atoms with Gasteiger partial charge < -0.3 is 5.32 Å². The van der Waals surface area contributed by atoms with E-state index in [0.29, 0.717) is 32.1 Å². The summed E-state index contributed by atoms with van der Waals surface area (Å²) in [4.78, 5) is 0. The molecule has 0 aliphatic carbocycles. The molecule has 2 saturated heterocycles. The summed E-state index contributed by atoms with van der Waals surface area (Å²) in [7, 11) is -3.28. The van der Waals surface area contributed by atoms with E-state index < -0.39 is 10.2 Å². The zero-order valence-electron chi connectivity index (χ0n) is 13.8. The molecule has 0 aromatic carbocycles. The standard InChI is InChI=1S/C15H31N3O2S/c1-4-16-11-14-7-5-9-17(12-14)21(19,20)18-10-6-8-15(2,3)13-18/h14,16H,4-13H2,1-3H3. The maximum absolute atomic E-state index is 12.9. The van der Waals surface area contributed by atoms with Gasteiger partial charge in [0, 0.05) is 26.2 Å². The van der Waals surface area contributed by atoms with Gasteiger partial charge in [0.25, 0.3) is 10.2 Å². The zero-order chi connectivity index (χ0) is 15.5. The summed E-state index contributed by atoms with van der Waals surface area (Å²) in [6.45, 7) is 11.0. The summed E-state index contributed by atoms with van der Waals surface area (Å²) in [6.07, 6.45) is 4.19. The minimum absolute atomic E-state index is 0.101. The van der Waals surface area contributed by atoms with Crippen molar-refractivity contribution in [2.24, 2.45) is 11.3 Å². The van der Waals surface area contributed by atoms with E-state index in [1.54, 1.807) is 8.61 Å². The van der Waals surface area contributed by atoms with Gasteiger partial charge in [-0.1, -0.05) is 20.8 Å². The van der Waals surface area contributed by atoms with Crippen LogP contribution in [0.15, 0.2) is 0 Å². The summed E-state index contributed by atoms with van der Waals surface area (Å²) in [5.41, 5.74) is 0.101. The van der Waals surface area contributed by atoms with Crippen LogP contribution in [0.25, 0.3) is 0 Å². The molecule has 2 fully saturated rings. The van der Waals surface area contributed by atoms with Gasteiger partial charge >= 0.3 is 0 Å². The Bertz CT molecular complexity index is 436. The van der Waals surface area contributed by atoms with Crippen LogP contribution in [0.5, 0.6) is 0 Å². The highest BCUT2D eigenvalue weighted by Crippen LogP contribution is 2.31. The van der Waals surface area contributed by atoms with E-state index in [2.05, 4.69) is 26.1 Å². The number of rotatable bonds is 5. The lowest BCUT2D eigenvalue weighted by Gasteiger charge is -2.41. The molecule has 1 N–H and O–H groups in total. The van der Waals surface area contributed by atoms with Gasteiger partial charge in [0.05, 0.1) is 0 Å². The summed E-state index contributed by atoms with van der Waals surface area (Å²) >= 11 is 0. The molecule has 1 atom stereocenters. The van der Waals surface area contributed by atoms with Crippen LogP contribution < -0.4 is 5.32 Å². The largest absolute Gasteiger partial charge is 0.317 e. The highest BCUT2D eigenvalue weighted by atomic mass is 32.2. The Morgan fingerprint density at radius 2 is 1.90 bits per heavy atom. The van der Waals surface area contributed by atoms with Crippen molar-refractivity contribution in [1.82, 2.24) is 13.9 Å². The number of piperidine rings is 2. The Morgan fingerprint density at radius 1 is 1.19 bits per heavy atom. The van der Waals surface area contributed by atoms with Gasteiger partial charge in [-0.15, -0.1) is 0 Å². The first-order valence-corrected chi connectivity index (χ1v) is 9.71. The first kappa shape index (κ1) is 17.2. The third-order valence-electron chi connectivity index (χ3n) is 4.68. The maximum atomic E-state index is 12.9. The van der Waals surface area contributed by atoms with Crippen LogP contribution >= 0.6 is 0 Å². The van der Waals surface area contributed by atoms with E-state index in [4.69, 9.17) is 0 Å². The number of nitrogens with one attached hydrogen (secondary N) is 1. The van der Waals surface area contributed by atoms with Crippen molar-refractivity contribution in [2.75, 3.05) is 39.3 Å². The van der Waals surface area contributed by atoms with Crippen molar-refractivity contribution in [3.8, 4) is 0 Å². The molecule has 0 amide bonds. The second-order valence-electron chi connectivity index (χ2n) is 7.28. The van der Waals surface area contributed by atoms with Crippen LogP contribution in [0.2, 0.25) is 0 Å². The molecule has 2 rings (SSSR count). The molecule has 5 nitrogen and oxygen atoms in total. The molecule has 124 valence electrons. The molecule has 0 bridgehead atoms. The first-order valence-electron chi connectivity index (χ1n) is 8.31. The molecule has 2 heterocycles. The minimum atomic E-state index is -3.28. The molecule has 21 heavy (non-hydrogen) atoms. The number of hydrogen-bond acceptors (Lipinski definition) is 3. The second kappa shape index (κ2) is 6.94. The van der Waals surface area contributed by atoms with Crippen LogP contribution in [0, 0.1) is 11.3 Å². The average Bonchev–Trinajstić information content (AvgIpc) is 2.44. The van der Waals surface area contributed by atoms with Gasteiger partial charge in [-0.25, -0.2) is 0 Å². The average molecular weight is 317 g/mol. The lowest BCUT2D eigenvalue weighted by molar-refractivity contribution is 0.169. The van der Waals surface area contributed by atoms with Gasteiger partial charge in [-0.05, 0) is 50.1 Å². The molecular weight excluding hydrogens is 286 g/mol. The lowest BCUT2D eigenvalue weighted by Crippen LogP contribution is -2.53. The summed E-state index contributed by atoms with van der Waals surface area (Å²) in [6, 6.07) is 0. The Hall–Kier alpha value is -0.170. The molecular formula is C15H31N3O2S. The second-order valence-corrected chi connectivity index (χ2v) is 9.21. The van der Waals surface area contributed by atoms with Crippen molar-refractivity contribution < 1.29 is 8.42 Å². The molecule has 0 aromatic heterocycles.